The van der Waals surface area contributed by atoms with Crippen molar-refractivity contribution in [1.82, 2.24) is 4.90 Å². The average Bonchev–Trinajstić information content (AvgIpc) is 2.46. The number of piperidine rings is 1. The fourth-order valence-electron chi connectivity index (χ4n) is 2.53. The van der Waals surface area contributed by atoms with E-state index < -0.39 is 6.10 Å². The number of rotatable bonds is 2. The zero-order chi connectivity index (χ0) is 13.8. The third kappa shape index (κ3) is 2.94. The molecule has 0 saturated carbocycles. The summed E-state index contributed by atoms with van der Waals surface area (Å²) in [5.74, 6) is 0.0226. The lowest BCUT2D eigenvalue weighted by Crippen LogP contribution is -2.43. The van der Waals surface area contributed by atoms with Crippen molar-refractivity contribution < 1.29 is 9.90 Å². The van der Waals surface area contributed by atoms with Crippen LogP contribution in [0.25, 0.3) is 0 Å². The first-order chi connectivity index (χ1) is 9.13. The molecule has 4 nitrogen and oxygen atoms in total. The molecule has 1 aromatic rings. The van der Waals surface area contributed by atoms with E-state index in [0.717, 1.165) is 12.8 Å². The van der Waals surface area contributed by atoms with E-state index in [1.165, 1.54) is 0 Å². The first-order valence-corrected chi connectivity index (χ1v) is 6.60. The van der Waals surface area contributed by atoms with Crippen LogP contribution in [-0.2, 0) is 0 Å². The molecule has 1 fully saturated rings. The predicted molar refractivity (Wildman–Crippen MR) is 71.5 cm³/mol. The molecule has 1 aliphatic rings. The molecule has 0 spiro atoms. The molecule has 2 unspecified atom stereocenters. The summed E-state index contributed by atoms with van der Waals surface area (Å²) in [5, 5.41) is 18.7. The highest BCUT2D eigenvalue weighted by molar-refractivity contribution is 5.96. The van der Waals surface area contributed by atoms with Crippen LogP contribution in [0.2, 0.25) is 0 Å². The number of carbonyl (C=O) groups is 1. The van der Waals surface area contributed by atoms with Crippen LogP contribution in [-0.4, -0.2) is 35.1 Å². The smallest absolute Gasteiger partial charge is 0.255 e. The van der Waals surface area contributed by atoms with Gasteiger partial charge in [-0.3, -0.25) is 4.79 Å². The van der Waals surface area contributed by atoms with Gasteiger partial charge in [0.1, 0.15) is 0 Å². The number of aliphatic hydroxyl groups excluding tert-OH is 1. The molecule has 4 heteroatoms. The lowest BCUT2D eigenvalue weighted by atomic mass is 9.93. The minimum absolute atomic E-state index is 0.109. The second-order valence-corrected chi connectivity index (χ2v) is 5.05. The van der Waals surface area contributed by atoms with Crippen molar-refractivity contribution in [2.75, 3.05) is 13.1 Å². The summed E-state index contributed by atoms with van der Waals surface area (Å²) < 4.78 is 0. The molecule has 0 aliphatic carbocycles. The second-order valence-electron chi connectivity index (χ2n) is 5.05. The number of carbonyl (C=O) groups excluding carboxylic acids is 1. The molecule has 2 rings (SSSR count). The van der Waals surface area contributed by atoms with Gasteiger partial charge in [0, 0.05) is 19.0 Å². The number of nitriles is 1. The Morgan fingerprint density at radius 2 is 2.26 bits per heavy atom. The normalized spacial score (nSPS) is 20.7. The van der Waals surface area contributed by atoms with Gasteiger partial charge in [-0.2, -0.15) is 5.26 Å². The van der Waals surface area contributed by atoms with E-state index in [4.69, 9.17) is 5.26 Å². The van der Waals surface area contributed by atoms with E-state index in [1.54, 1.807) is 36.1 Å². The van der Waals surface area contributed by atoms with Crippen LogP contribution in [0.5, 0.6) is 0 Å². The fourth-order valence-corrected chi connectivity index (χ4v) is 2.53. The van der Waals surface area contributed by atoms with Crippen molar-refractivity contribution >= 4 is 5.91 Å². The number of benzene rings is 1. The third-order valence-corrected chi connectivity index (χ3v) is 3.71. The SMILES string of the molecule is CC(O)C1CCCN(C(=O)c2ccccc2C#N)C1. The van der Waals surface area contributed by atoms with Gasteiger partial charge in [0.2, 0.25) is 0 Å². The van der Waals surface area contributed by atoms with Crippen molar-refractivity contribution in [3.05, 3.63) is 35.4 Å². The van der Waals surface area contributed by atoms with Crippen LogP contribution >= 0.6 is 0 Å². The molecule has 1 saturated heterocycles. The molecule has 1 aromatic carbocycles. The van der Waals surface area contributed by atoms with Gasteiger partial charge < -0.3 is 10.0 Å². The average molecular weight is 258 g/mol. The maximum Gasteiger partial charge on any atom is 0.255 e. The highest BCUT2D eigenvalue weighted by Crippen LogP contribution is 2.22. The zero-order valence-electron chi connectivity index (χ0n) is 11.0. The van der Waals surface area contributed by atoms with Crippen molar-refractivity contribution in [3.8, 4) is 6.07 Å². The van der Waals surface area contributed by atoms with Crippen LogP contribution < -0.4 is 0 Å². The maximum absolute atomic E-state index is 12.4. The van der Waals surface area contributed by atoms with E-state index in [1.807, 2.05) is 0 Å². The van der Waals surface area contributed by atoms with E-state index in [2.05, 4.69) is 6.07 Å². The standard InChI is InChI=1S/C15H18N2O2/c1-11(18)13-6-4-8-17(10-13)15(19)14-7-3-2-5-12(14)9-16/h2-3,5,7,11,13,18H,4,6,8,10H2,1H3. The Kier molecular flexibility index (Phi) is 4.18. The van der Waals surface area contributed by atoms with Gasteiger partial charge in [0.05, 0.1) is 23.3 Å². The fraction of sp³-hybridized carbons (Fsp3) is 0.467. The topological polar surface area (TPSA) is 64.3 Å². The van der Waals surface area contributed by atoms with E-state index >= 15 is 0 Å². The molecule has 1 heterocycles. The molecular formula is C15H18N2O2. The summed E-state index contributed by atoms with van der Waals surface area (Å²) >= 11 is 0. The van der Waals surface area contributed by atoms with Gasteiger partial charge in [-0.25, -0.2) is 0 Å². The van der Waals surface area contributed by atoms with Crippen LogP contribution in [0.4, 0.5) is 0 Å². The van der Waals surface area contributed by atoms with Gasteiger partial charge in [0.15, 0.2) is 0 Å². The van der Waals surface area contributed by atoms with Gasteiger partial charge >= 0.3 is 0 Å². The van der Waals surface area contributed by atoms with E-state index in [0.29, 0.717) is 24.2 Å². The minimum atomic E-state index is -0.401. The lowest BCUT2D eigenvalue weighted by Gasteiger charge is -2.34. The summed E-state index contributed by atoms with van der Waals surface area (Å²) in [6.45, 7) is 3.03. The summed E-state index contributed by atoms with van der Waals surface area (Å²) in [6.07, 6.45) is 1.44. The Morgan fingerprint density at radius 1 is 1.53 bits per heavy atom. The summed E-state index contributed by atoms with van der Waals surface area (Å²) in [6, 6.07) is 8.92. The van der Waals surface area contributed by atoms with Crippen molar-refractivity contribution in [1.29, 1.82) is 5.26 Å². The Balaban J connectivity index is 2.18. The number of nitrogens with zero attached hydrogens (tertiary/aromatic N) is 2. The first kappa shape index (κ1) is 13.6. The number of hydrogen-bond acceptors (Lipinski definition) is 3. The number of aliphatic hydroxyl groups is 1. The molecule has 1 N–H and O–H groups in total. The highest BCUT2D eigenvalue weighted by atomic mass is 16.3. The molecule has 1 amide bonds. The second kappa shape index (κ2) is 5.85. The minimum Gasteiger partial charge on any atom is -0.393 e. The molecular weight excluding hydrogens is 240 g/mol. The van der Waals surface area contributed by atoms with Crippen LogP contribution in [0, 0.1) is 17.2 Å². The van der Waals surface area contributed by atoms with E-state index in [9.17, 15) is 9.90 Å². The van der Waals surface area contributed by atoms with Crippen LogP contribution in [0.1, 0.15) is 35.7 Å². The summed E-state index contributed by atoms with van der Waals surface area (Å²) in [5.41, 5.74) is 0.864. The summed E-state index contributed by atoms with van der Waals surface area (Å²) in [7, 11) is 0. The Labute approximate surface area is 113 Å². The monoisotopic (exact) mass is 258 g/mol. The zero-order valence-corrected chi connectivity index (χ0v) is 11.0. The first-order valence-electron chi connectivity index (χ1n) is 6.60. The molecule has 0 radical (unpaired) electrons. The van der Waals surface area contributed by atoms with Gasteiger partial charge in [-0.05, 0) is 31.9 Å². The van der Waals surface area contributed by atoms with Crippen LogP contribution in [0.3, 0.4) is 0 Å². The Hall–Kier alpha value is -1.86. The highest BCUT2D eigenvalue weighted by Gasteiger charge is 2.27. The lowest BCUT2D eigenvalue weighted by molar-refractivity contribution is 0.0466. The number of likely N-dealkylation sites (tertiary alicyclic amines) is 1. The van der Waals surface area contributed by atoms with Gasteiger partial charge in [0.25, 0.3) is 5.91 Å². The number of hydrogen-bond donors (Lipinski definition) is 1. The molecule has 19 heavy (non-hydrogen) atoms. The predicted octanol–water partition coefficient (Wildman–Crippen LogP) is 1.79. The van der Waals surface area contributed by atoms with Gasteiger partial charge in [-0.1, -0.05) is 12.1 Å². The third-order valence-electron chi connectivity index (χ3n) is 3.71. The number of amides is 1. The maximum atomic E-state index is 12.4. The van der Waals surface area contributed by atoms with E-state index in [-0.39, 0.29) is 11.8 Å². The molecule has 1 aliphatic heterocycles. The molecule has 0 aromatic heterocycles. The van der Waals surface area contributed by atoms with Crippen molar-refractivity contribution in [2.24, 2.45) is 5.92 Å². The summed E-state index contributed by atoms with van der Waals surface area (Å²) in [4.78, 5) is 14.2. The van der Waals surface area contributed by atoms with Crippen molar-refractivity contribution in [3.63, 3.8) is 0 Å². The molecule has 0 bridgehead atoms. The quantitative estimate of drug-likeness (QED) is 0.879. The Bertz CT molecular complexity index is 505. The van der Waals surface area contributed by atoms with Gasteiger partial charge in [-0.15, -0.1) is 0 Å². The largest absolute Gasteiger partial charge is 0.393 e. The van der Waals surface area contributed by atoms with Crippen LogP contribution in [0.15, 0.2) is 24.3 Å². The van der Waals surface area contributed by atoms with Crippen molar-refractivity contribution in [2.45, 2.75) is 25.9 Å². The molecule has 2 atom stereocenters. The Morgan fingerprint density at radius 3 is 2.95 bits per heavy atom. The molecule has 100 valence electrons.